The molecule has 0 saturated carbocycles. The third-order valence-corrected chi connectivity index (χ3v) is 2.52. The van der Waals surface area contributed by atoms with Gasteiger partial charge in [0.1, 0.15) is 5.75 Å². The zero-order valence-corrected chi connectivity index (χ0v) is 11.5. The van der Waals surface area contributed by atoms with Crippen LogP contribution in [-0.4, -0.2) is 23.1 Å². The SMILES string of the molecule is CCc1ccc(O)c(NC(=O)CNC(C)(C)C)c1. The summed E-state index contributed by atoms with van der Waals surface area (Å²) in [5.41, 5.74) is 1.44. The second-order valence-electron chi connectivity index (χ2n) is 5.36. The fourth-order valence-corrected chi connectivity index (χ4v) is 1.44. The van der Waals surface area contributed by atoms with Gasteiger partial charge in [0.25, 0.3) is 0 Å². The van der Waals surface area contributed by atoms with E-state index in [1.807, 2.05) is 33.8 Å². The minimum atomic E-state index is -0.159. The molecule has 18 heavy (non-hydrogen) atoms. The number of hydrogen-bond acceptors (Lipinski definition) is 3. The van der Waals surface area contributed by atoms with Crippen molar-refractivity contribution in [2.24, 2.45) is 0 Å². The number of aryl methyl sites for hydroxylation is 1. The predicted octanol–water partition coefficient (Wildman–Crippen LogP) is 2.28. The first kappa shape index (κ1) is 14.5. The van der Waals surface area contributed by atoms with Crippen LogP contribution in [0.1, 0.15) is 33.3 Å². The van der Waals surface area contributed by atoms with E-state index in [4.69, 9.17) is 0 Å². The van der Waals surface area contributed by atoms with Crippen LogP contribution < -0.4 is 10.6 Å². The number of phenols is 1. The van der Waals surface area contributed by atoms with E-state index in [1.165, 1.54) is 0 Å². The molecule has 1 amide bonds. The highest BCUT2D eigenvalue weighted by Crippen LogP contribution is 2.24. The first-order chi connectivity index (χ1) is 8.31. The van der Waals surface area contributed by atoms with Gasteiger partial charge in [0, 0.05) is 5.54 Å². The van der Waals surface area contributed by atoms with Crippen LogP contribution in [0.15, 0.2) is 18.2 Å². The monoisotopic (exact) mass is 250 g/mol. The topological polar surface area (TPSA) is 61.4 Å². The maximum absolute atomic E-state index is 11.7. The fourth-order valence-electron chi connectivity index (χ4n) is 1.44. The number of hydrogen-bond donors (Lipinski definition) is 3. The van der Waals surface area contributed by atoms with Crippen molar-refractivity contribution in [2.45, 2.75) is 39.7 Å². The fraction of sp³-hybridized carbons (Fsp3) is 0.500. The number of phenolic OH excluding ortho intramolecular Hbond substituents is 1. The average Bonchev–Trinajstić information content (AvgIpc) is 2.28. The van der Waals surface area contributed by atoms with Gasteiger partial charge in [-0.15, -0.1) is 0 Å². The Kier molecular flexibility index (Phi) is 4.73. The minimum Gasteiger partial charge on any atom is -0.506 e. The van der Waals surface area contributed by atoms with Crippen LogP contribution in [0.2, 0.25) is 0 Å². The number of benzene rings is 1. The highest BCUT2D eigenvalue weighted by Gasteiger charge is 2.12. The van der Waals surface area contributed by atoms with Gasteiger partial charge in [-0.3, -0.25) is 4.79 Å². The highest BCUT2D eigenvalue weighted by atomic mass is 16.3. The molecule has 0 radical (unpaired) electrons. The molecule has 1 rings (SSSR count). The second kappa shape index (κ2) is 5.87. The third kappa shape index (κ3) is 4.75. The minimum absolute atomic E-state index is 0.0938. The number of amides is 1. The van der Waals surface area contributed by atoms with Gasteiger partial charge in [-0.2, -0.15) is 0 Å². The summed E-state index contributed by atoms with van der Waals surface area (Å²) in [4.78, 5) is 11.7. The Labute approximate surface area is 108 Å². The van der Waals surface area contributed by atoms with Gasteiger partial charge >= 0.3 is 0 Å². The Morgan fingerprint density at radius 1 is 1.33 bits per heavy atom. The summed E-state index contributed by atoms with van der Waals surface area (Å²) in [5, 5.41) is 15.5. The number of rotatable bonds is 4. The molecule has 0 spiro atoms. The summed E-state index contributed by atoms with van der Waals surface area (Å²) < 4.78 is 0. The molecule has 0 atom stereocenters. The van der Waals surface area contributed by atoms with Crippen LogP contribution in [-0.2, 0) is 11.2 Å². The van der Waals surface area contributed by atoms with E-state index >= 15 is 0 Å². The summed E-state index contributed by atoms with van der Waals surface area (Å²) in [6.45, 7) is 8.23. The van der Waals surface area contributed by atoms with Crippen molar-refractivity contribution in [1.29, 1.82) is 0 Å². The second-order valence-corrected chi connectivity index (χ2v) is 5.36. The zero-order chi connectivity index (χ0) is 13.8. The summed E-state index contributed by atoms with van der Waals surface area (Å²) >= 11 is 0. The molecule has 0 bridgehead atoms. The number of carbonyl (C=O) groups excluding carboxylic acids is 1. The molecule has 0 saturated heterocycles. The van der Waals surface area contributed by atoms with E-state index in [2.05, 4.69) is 10.6 Å². The van der Waals surface area contributed by atoms with E-state index in [0.29, 0.717) is 5.69 Å². The summed E-state index contributed by atoms with van der Waals surface area (Å²) in [5.74, 6) is -0.0650. The number of aromatic hydroxyl groups is 1. The molecular weight excluding hydrogens is 228 g/mol. The molecular formula is C14H22N2O2. The molecule has 0 fully saturated rings. The summed E-state index contributed by atoms with van der Waals surface area (Å²) in [6.07, 6.45) is 0.864. The van der Waals surface area contributed by atoms with Crippen LogP contribution in [0.25, 0.3) is 0 Å². The Morgan fingerprint density at radius 3 is 2.56 bits per heavy atom. The van der Waals surface area contributed by atoms with Crippen molar-refractivity contribution >= 4 is 11.6 Å². The lowest BCUT2D eigenvalue weighted by Gasteiger charge is -2.20. The maximum Gasteiger partial charge on any atom is 0.238 e. The first-order valence-electron chi connectivity index (χ1n) is 6.18. The Balaban J connectivity index is 2.64. The van der Waals surface area contributed by atoms with Gasteiger partial charge in [0.05, 0.1) is 12.2 Å². The highest BCUT2D eigenvalue weighted by molar-refractivity contribution is 5.93. The molecule has 1 aromatic rings. The summed E-state index contributed by atoms with van der Waals surface area (Å²) in [7, 11) is 0. The van der Waals surface area contributed by atoms with Crippen molar-refractivity contribution in [1.82, 2.24) is 5.32 Å². The quantitative estimate of drug-likeness (QED) is 0.718. The predicted molar refractivity (Wildman–Crippen MR) is 73.9 cm³/mol. The molecule has 100 valence electrons. The molecule has 3 N–H and O–H groups in total. The Morgan fingerprint density at radius 2 is 2.00 bits per heavy atom. The van der Waals surface area contributed by atoms with Crippen LogP contribution in [0.3, 0.4) is 0 Å². The van der Waals surface area contributed by atoms with Crippen molar-refractivity contribution < 1.29 is 9.90 Å². The first-order valence-corrected chi connectivity index (χ1v) is 6.18. The zero-order valence-electron chi connectivity index (χ0n) is 11.5. The van der Waals surface area contributed by atoms with Crippen LogP contribution in [0.5, 0.6) is 5.75 Å². The van der Waals surface area contributed by atoms with Gasteiger partial charge in [-0.25, -0.2) is 0 Å². The van der Waals surface area contributed by atoms with Crippen molar-refractivity contribution in [3.05, 3.63) is 23.8 Å². The maximum atomic E-state index is 11.7. The molecule has 4 nitrogen and oxygen atoms in total. The molecule has 0 aliphatic carbocycles. The number of carbonyl (C=O) groups is 1. The van der Waals surface area contributed by atoms with Crippen molar-refractivity contribution in [3.63, 3.8) is 0 Å². The van der Waals surface area contributed by atoms with Crippen LogP contribution in [0, 0.1) is 0 Å². The van der Waals surface area contributed by atoms with Gasteiger partial charge in [-0.05, 0) is 44.9 Å². The third-order valence-electron chi connectivity index (χ3n) is 2.52. The van der Waals surface area contributed by atoms with Gasteiger partial charge in [-0.1, -0.05) is 13.0 Å². The van der Waals surface area contributed by atoms with E-state index in [-0.39, 0.29) is 23.7 Å². The van der Waals surface area contributed by atoms with Crippen molar-refractivity contribution in [2.75, 3.05) is 11.9 Å². The Bertz CT molecular complexity index is 422. The number of nitrogens with one attached hydrogen (secondary N) is 2. The van der Waals surface area contributed by atoms with E-state index in [1.54, 1.807) is 12.1 Å². The molecule has 0 aromatic heterocycles. The molecule has 1 aromatic carbocycles. The Hall–Kier alpha value is -1.55. The standard InChI is InChI=1S/C14H22N2O2/c1-5-10-6-7-12(17)11(8-10)16-13(18)9-15-14(2,3)4/h6-8,15,17H,5,9H2,1-4H3,(H,16,18). The normalized spacial score (nSPS) is 11.3. The lowest BCUT2D eigenvalue weighted by molar-refractivity contribution is -0.115. The summed E-state index contributed by atoms with van der Waals surface area (Å²) in [6, 6.07) is 5.24. The van der Waals surface area contributed by atoms with Crippen molar-refractivity contribution in [3.8, 4) is 5.75 Å². The molecule has 0 aliphatic rings. The largest absolute Gasteiger partial charge is 0.506 e. The molecule has 4 heteroatoms. The lowest BCUT2D eigenvalue weighted by atomic mass is 10.1. The lowest BCUT2D eigenvalue weighted by Crippen LogP contribution is -2.41. The molecule has 0 heterocycles. The van der Waals surface area contributed by atoms with Gasteiger partial charge in [0.2, 0.25) is 5.91 Å². The van der Waals surface area contributed by atoms with Gasteiger partial charge in [0.15, 0.2) is 0 Å². The van der Waals surface area contributed by atoms with E-state index < -0.39 is 0 Å². The van der Waals surface area contributed by atoms with Crippen LogP contribution in [0.4, 0.5) is 5.69 Å². The van der Waals surface area contributed by atoms with E-state index in [0.717, 1.165) is 12.0 Å². The van der Waals surface area contributed by atoms with Crippen LogP contribution >= 0.6 is 0 Å². The number of anilines is 1. The molecule has 0 unspecified atom stereocenters. The van der Waals surface area contributed by atoms with Gasteiger partial charge < -0.3 is 15.7 Å². The van der Waals surface area contributed by atoms with E-state index in [9.17, 15) is 9.90 Å². The average molecular weight is 250 g/mol. The molecule has 0 aliphatic heterocycles. The smallest absolute Gasteiger partial charge is 0.238 e.